The van der Waals surface area contributed by atoms with Crippen molar-refractivity contribution in [1.82, 2.24) is 15.0 Å². The molecule has 5 heteroatoms. The van der Waals surface area contributed by atoms with Crippen LogP contribution in [0.5, 0.6) is 0 Å². The number of ether oxygens (including phenoxy) is 1. The van der Waals surface area contributed by atoms with Crippen LogP contribution >= 0.6 is 0 Å². The number of hydrogen-bond donors (Lipinski definition) is 1. The Hall–Kier alpha value is -1.23. The van der Waals surface area contributed by atoms with Gasteiger partial charge in [-0.2, -0.15) is 9.97 Å². The SMILES string of the molecule is COC1(c2nc(N)nc(C(C)C)n2)CCCC(C)C1. The smallest absolute Gasteiger partial charge is 0.223 e. The van der Waals surface area contributed by atoms with Crippen LogP contribution in [0.3, 0.4) is 0 Å². The van der Waals surface area contributed by atoms with Crippen molar-refractivity contribution in [2.45, 2.75) is 58.0 Å². The summed E-state index contributed by atoms with van der Waals surface area (Å²) < 4.78 is 5.82. The monoisotopic (exact) mass is 264 g/mol. The van der Waals surface area contributed by atoms with Gasteiger partial charge in [0.1, 0.15) is 11.4 Å². The molecule has 2 N–H and O–H groups in total. The molecule has 1 fully saturated rings. The number of nitrogens with zero attached hydrogens (tertiary/aromatic N) is 3. The number of nitrogen functional groups attached to an aromatic ring is 1. The minimum atomic E-state index is -0.391. The number of nitrogens with two attached hydrogens (primary N) is 1. The fourth-order valence-corrected chi connectivity index (χ4v) is 2.85. The molecule has 1 aromatic heterocycles. The summed E-state index contributed by atoms with van der Waals surface area (Å²) in [6.45, 7) is 6.36. The Labute approximate surface area is 115 Å². The van der Waals surface area contributed by atoms with Crippen LogP contribution in [-0.4, -0.2) is 22.1 Å². The van der Waals surface area contributed by atoms with Crippen molar-refractivity contribution >= 4 is 5.95 Å². The van der Waals surface area contributed by atoms with Crippen LogP contribution < -0.4 is 5.73 Å². The summed E-state index contributed by atoms with van der Waals surface area (Å²) in [7, 11) is 1.74. The molecule has 19 heavy (non-hydrogen) atoms. The molecule has 2 atom stereocenters. The Morgan fingerprint density at radius 3 is 2.63 bits per heavy atom. The summed E-state index contributed by atoms with van der Waals surface area (Å²) in [4.78, 5) is 13.2. The third kappa shape index (κ3) is 2.86. The second-order valence-corrected chi connectivity index (χ2v) is 5.93. The van der Waals surface area contributed by atoms with E-state index >= 15 is 0 Å². The maximum atomic E-state index is 5.83. The molecule has 1 aliphatic rings. The van der Waals surface area contributed by atoms with Crippen LogP contribution in [0.15, 0.2) is 0 Å². The van der Waals surface area contributed by atoms with Crippen LogP contribution in [0.1, 0.15) is 64.0 Å². The molecule has 0 saturated heterocycles. The van der Waals surface area contributed by atoms with E-state index in [0.717, 1.165) is 25.1 Å². The summed E-state index contributed by atoms with van der Waals surface area (Å²) in [5.74, 6) is 2.60. The van der Waals surface area contributed by atoms with Gasteiger partial charge in [-0.1, -0.05) is 27.2 Å². The zero-order valence-electron chi connectivity index (χ0n) is 12.3. The Kier molecular flexibility index (Phi) is 4.04. The van der Waals surface area contributed by atoms with Gasteiger partial charge < -0.3 is 10.5 Å². The van der Waals surface area contributed by atoms with Gasteiger partial charge in [0.2, 0.25) is 5.95 Å². The number of anilines is 1. The summed E-state index contributed by atoms with van der Waals surface area (Å²) in [6.07, 6.45) is 4.28. The molecule has 1 heterocycles. The number of rotatable bonds is 3. The van der Waals surface area contributed by atoms with Crippen LogP contribution in [0.2, 0.25) is 0 Å². The molecule has 0 aromatic carbocycles. The van der Waals surface area contributed by atoms with Gasteiger partial charge >= 0.3 is 0 Å². The molecule has 1 aliphatic carbocycles. The third-order valence-electron chi connectivity index (χ3n) is 3.94. The molecule has 106 valence electrons. The Bertz CT molecular complexity index is 449. The topological polar surface area (TPSA) is 73.9 Å². The van der Waals surface area contributed by atoms with Gasteiger partial charge in [-0.25, -0.2) is 4.98 Å². The molecule has 1 saturated carbocycles. The van der Waals surface area contributed by atoms with Crippen molar-refractivity contribution in [3.8, 4) is 0 Å². The number of aromatic nitrogens is 3. The Morgan fingerprint density at radius 1 is 1.32 bits per heavy atom. The summed E-state index contributed by atoms with van der Waals surface area (Å²) in [5.41, 5.74) is 5.44. The second-order valence-electron chi connectivity index (χ2n) is 5.93. The van der Waals surface area contributed by atoms with Crippen LogP contribution in [0.25, 0.3) is 0 Å². The number of hydrogen-bond acceptors (Lipinski definition) is 5. The average Bonchev–Trinajstić information content (AvgIpc) is 2.37. The van der Waals surface area contributed by atoms with Crippen molar-refractivity contribution in [2.24, 2.45) is 5.92 Å². The molecule has 1 aromatic rings. The lowest BCUT2D eigenvalue weighted by atomic mass is 9.78. The van der Waals surface area contributed by atoms with Crippen molar-refractivity contribution in [3.63, 3.8) is 0 Å². The summed E-state index contributed by atoms with van der Waals surface area (Å²) in [6, 6.07) is 0. The first-order valence-corrected chi connectivity index (χ1v) is 7.04. The lowest BCUT2D eigenvalue weighted by molar-refractivity contribution is -0.0648. The summed E-state index contributed by atoms with van der Waals surface area (Å²) >= 11 is 0. The Morgan fingerprint density at radius 2 is 2.05 bits per heavy atom. The highest BCUT2D eigenvalue weighted by Gasteiger charge is 2.40. The predicted molar refractivity (Wildman–Crippen MR) is 74.6 cm³/mol. The van der Waals surface area contributed by atoms with E-state index in [1.807, 2.05) is 0 Å². The molecular formula is C14H24N4O. The maximum Gasteiger partial charge on any atom is 0.223 e. The first kappa shape index (κ1) is 14.2. The fraction of sp³-hybridized carbons (Fsp3) is 0.786. The molecular weight excluding hydrogens is 240 g/mol. The molecule has 2 rings (SSSR count). The second kappa shape index (κ2) is 5.41. The molecule has 2 unspecified atom stereocenters. The van der Waals surface area contributed by atoms with Crippen molar-refractivity contribution in [1.29, 1.82) is 0 Å². The first-order valence-electron chi connectivity index (χ1n) is 7.04. The minimum absolute atomic E-state index is 0.235. The van der Waals surface area contributed by atoms with Crippen LogP contribution in [0, 0.1) is 5.92 Å². The van der Waals surface area contributed by atoms with Crippen LogP contribution in [-0.2, 0) is 10.3 Å². The van der Waals surface area contributed by atoms with E-state index in [1.165, 1.54) is 6.42 Å². The average molecular weight is 264 g/mol. The normalized spacial score (nSPS) is 27.7. The van der Waals surface area contributed by atoms with Crippen molar-refractivity contribution < 1.29 is 4.74 Å². The largest absolute Gasteiger partial charge is 0.370 e. The lowest BCUT2D eigenvalue weighted by Crippen LogP contribution is -2.36. The minimum Gasteiger partial charge on any atom is -0.370 e. The van der Waals surface area contributed by atoms with Gasteiger partial charge in [-0.3, -0.25) is 0 Å². The molecule has 0 bridgehead atoms. The highest BCUT2D eigenvalue weighted by molar-refractivity contribution is 5.20. The van der Waals surface area contributed by atoms with E-state index in [-0.39, 0.29) is 5.92 Å². The standard InChI is InChI=1S/C14H24N4O/c1-9(2)11-16-12(18-13(15)17-11)14(19-4)7-5-6-10(3)8-14/h9-10H,5-8H2,1-4H3,(H2,15,16,17,18). The van der Waals surface area contributed by atoms with Gasteiger partial charge in [-0.05, 0) is 25.2 Å². The van der Waals surface area contributed by atoms with Gasteiger partial charge in [0.05, 0.1) is 0 Å². The van der Waals surface area contributed by atoms with E-state index in [9.17, 15) is 0 Å². The zero-order chi connectivity index (χ0) is 14.0. The molecule has 5 nitrogen and oxygen atoms in total. The van der Waals surface area contributed by atoms with Crippen molar-refractivity contribution in [2.75, 3.05) is 12.8 Å². The van der Waals surface area contributed by atoms with Gasteiger partial charge in [0.25, 0.3) is 0 Å². The maximum absolute atomic E-state index is 5.83. The highest BCUT2D eigenvalue weighted by atomic mass is 16.5. The molecule has 0 amide bonds. The third-order valence-corrected chi connectivity index (χ3v) is 3.94. The molecule has 0 radical (unpaired) electrons. The van der Waals surface area contributed by atoms with E-state index < -0.39 is 5.60 Å². The Balaban J connectivity index is 2.42. The van der Waals surface area contributed by atoms with E-state index in [1.54, 1.807) is 7.11 Å². The quantitative estimate of drug-likeness (QED) is 0.908. The van der Waals surface area contributed by atoms with Gasteiger partial charge in [0, 0.05) is 13.0 Å². The first-order chi connectivity index (χ1) is 8.97. The number of methoxy groups -OCH3 is 1. The highest BCUT2D eigenvalue weighted by Crippen LogP contribution is 2.41. The predicted octanol–water partition coefficient (Wildman–Crippen LogP) is 2.63. The molecule has 0 spiro atoms. The van der Waals surface area contributed by atoms with E-state index in [0.29, 0.717) is 17.7 Å². The van der Waals surface area contributed by atoms with Gasteiger partial charge in [0.15, 0.2) is 5.82 Å². The summed E-state index contributed by atoms with van der Waals surface area (Å²) in [5, 5.41) is 0. The van der Waals surface area contributed by atoms with Crippen molar-refractivity contribution in [3.05, 3.63) is 11.6 Å². The van der Waals surface area contributed by atoms with E-state index in [4.69, 9.17) is 10.5 Å². The van der Waals surface area contributed by atoms with E-state index in [2.05, 4.69) is 35.7 Å². The van der Waals surface area contributed by atoms with Gasteiger partial charge in [-0.15, -0.1) is 0 Å². The molecule has 0 aliphatic heterocycles. The lowest BCUT2D eigenvalue weighted by Gasteiger charge is -2.37. The zero-order valence-corrected chi connectivity index (χ0v) is 12.3. The fourth-order valence-electron chi connectivity index (χ4n) is 2.85. The van der Waals surface area contributed by atoms with Crippen LogP contribution in [0.4, 0.5) is 5.95 Å².